The second kappa shape index (κ2) is 6.27. The number of alkyl halides is 2. The summed E-state index contributed by atoms with van der Waals surface area (Å²) in [6.45, 7) is 0.361. The Bertz CT molecular complexity index is 645. The van der Waals surface area contributed by atoms with E-state index >= 15 is 0 Å². The van der Waals surface area contributed by atoms with Gasteiger partial charge in [-0.05, 0) is 23.8 Å². The van der Waals surface area contributed by atoms with Gasteiger partial charge in [-0.2, -0.15) is 0 Å². The van der Waals surface area contributed by atoms with Crippen molar-refractivity contribution >= 4 is 5.69 Å². The zero-order valence-electron chi connectivity index (χ0n) is 10.8. The van der Waals surface area contributed by atoms with Crippen LogP contribution < -0.4 is 10.5 Å². The lowest BCUT2D eigenvalue weighted by Crippen LogP contribution is -1.97. The maximum absolute atomic E-state index is 13.0. The van der Waals surface area contributed by atoms with Crippen LogP contribution in [0.5, 0.6) is 11.5 Å². The minimum absolute atomic E-state index is 0.115. The molecule has 0 amide bonds. The molecule has 0 saturated carbocycles. The van der Waals surface area contributed by atoms with E-state index in [0.29, 0.717) is 12.3 Å². The van der Waals surface area contributed by atoms with Gasteiger partial charge in [-0.25, -0.2) is 8.78 Å². The number of ether oxygens (including phenoxy) is 1. The summed E-state index contributed by atoms with van der Waals surface area (Å²) < 4.78 is 31.3. The molecule has 110 valence electrons. The van der Waals surface area contributed by atoms with Gasteiger partial charge in [-0.3, -0.25) is 10.1 Å². The van der Waals surface area contributed by atoms with E-state index in [9.17, 15) is 18.9 Å². The largest absolute Gasteiger partial charge is 0.457 e. The van der Waals surface area contributed by atoms with E-state index in [2.05, 4.69) is 0 Å². The highest BCUT2D eigenvalue weighted by Gasteiger charge is 2.19. The second-order valence-corrected chi connectivity index (χ2v) is 4.23. The van der Waals surface area contributed by atoms with Crippen molar-refractivity contribution in [1.82, 2.24) is 0 Å². The average molecular weight is 294 g/mol. The van der Waals surface area contributed by atoms with Crippen LogP contribution in [0.3, 0.4) is 0 Å². The number of non-ortho nitro benzene ring substituents is 1. The highest BCUT2D eigenvalue weighted by Crippen LogP contribution is 2.35. The summed E-state index contributed by atoms with van der Waals surface area (Å²) in [6, 6.07) is 9.71. The maximum atomic E-state index is 13.0. The smallest absolute Gasteiger partial charge is 0.270 e. The lowest BCUT2D eigenvalue weighted by molar-refractivity contribution is -0.385. The number of halogens is 2. The van der Waals surface area contributed by atoms with Crippen molar-refractivity contribution in [2.24, 2.45) is 5.73 Å². The van der Waals surface area contributed by atoms with Crippen LogP contribution in [-0.4, -0.2) is 4.92 Å². The molecule has 0 fully saturated rings. The first-order chi connectivity index (χ1) is 10.0. The SMILES string of the molecule is NCc1ccc(Oc2ccc([N+](=O)[O-])cc2C(F)F)cc1. The molecule has 2 aromatic carbocycles. The van der Waals surface area contributed by atoms with Crippen LogP contribution in [0.1, 0.15) is 17.6 Å². The summed E-state index contributed by atoms with van der Waals surface area (Å²) >= 11 is 0. The normalized spacial score (nSPS) is 10.7. The Morgan fingerprint density at radius 2 is 1.86 bits per heavy atom. The zero-order valence-corrected chi connectivity index (χ0v) is 10.8. The standard InChI is InChI=1S/C14H12F2N2O3/c15-14(16)12-7-10(18(19)20)3-6-13(12)21-11-4-1-9(8-17)2-5-11/h1-7,14H,8,17H2. The van der Waals surface area contributed by atoms with Gasteiger partial charge in [0.1, 0.15) is 11.5 Å². The van der Waals surface area contributed by atoms with Gasteiger partial charge in [-0.1, -0.05) is 12.1 Å². The van der Waals surface area contributed by atoms with Crippen LogP contribution in [0.25, 0.3) is 0 Å². The third kappa shape index (κ3) is 3.51. The van der Waals surface area contributed by atoms with E-state index in [0.717, 1.165) is 23.8 Å². The van der Waals surface area contributed by atoms with Gasteiger partial charge in [0.05, 0.1) is 10.5 Å². The molecule has 0 aromatic heterocycles. The molecular formula is C14H12F2N2O3. The van der Waals surface area contributed by atoms with Crippen molar-refractivity contribution in [3.05, 3.63) is 63.7 Å². The average Bonchev–Trinajstić information content (AvgIpc) is 2.48. The molecule has 0 heterocycles. The number of nitro groups is 1. The first kappa shape index (κ1) is 14.9. The number of nitrogens with two attached hydrogens (primary N) is 1. The van der Waals surface area contributed by atoms with Crippen LogP contribution in [-0.2, 0) is 6.54 Å². The Hall–Kier alpha value is -2.54. The maximum Gasteiger partial charge on any atom is 0.270 e. The monoisotopic (exact) mass is 294 g/mol. The summed E-state index contributed by atoms with van der Waals surface area (Å²) in [5.41, 5.74) is 5.41. The fourth-order valence-corrected chi connectivity index (χ4v) is 1.73. The van der Waals surface area contributed by atoms with Gasteiger partial charge < -0.3 is 10.5 Å². The Balaban J connectivity index is 2.31. The predicted molar refractivity (Wildman–Crippen MR) is 72.5 cm³/mol. The van der Waals surface area contributed by atoms with Crippen LogP contribution in [0, 0.1) is 10.1 Å². The quantitative estimate of drug-likeness (QED) is 0.672. The molecule has 2 rings (SSSR count). The molecule has 0 saturated heterocycles. The highest BCUT2D eigenvalue weighted by molar-refractivity contribution is 5.46. The zero-order chi connectivity index (χ0) is 15.4. The number of rotatable bonds is 5. The Labute approximate surface area is 119 Å². The number of hydrogen-bond donors (Lipinski definition) is 1. The lowest BCUT2D eigenvalue weighted by Gasteiger charge is -2.11. The summed E-state index contributed by atoms with van der Waals surface area (Å²) in [7, 11) is 0. The second-order valence-electron chi connectivity index (χ2n) is 4.23. The summed E-state index contributed by atoms with van der Waals surface area (Å²) in [5.74, 6) is 0.235. The fraction of sp³-hybridized carbons (Fsp3) is 0.143. The molecule has 5 nitrogen and oxygen atoms in total. The van der Waals surface area contributed by atoms with Crippen molar-refractivity contribution in [3.63, 3.8) is 0 Å². The Morgan fingerprint density at radius 1 is 1.19 bits per heavy atom. The molecule has 0 spiro atoms. The fourth-order valence-electron chi connectivity index (χ4n) is 1.73. The summed E-state index contributed by atoms with van der Waals surface area (Å²) in [5, 5.41) is 10.6. The molecule has 0 unspecified atom stereocenters. The third-order valence-corrected chi connectivity index (χ3v) is 2.83. The number of hydrogen-bond acceptors (Lipinski definition) is 4. The Morgan fingerprint density at radius 3 is 2.38 bits per heavy atom. The van der Waals surface area contributed by atoms with Gasteiger partial charge in [0.2, 0.25) is 0 Å². The molecule has 2 aromatic rings. The molecule has 0 aliphatic heterocycles. The highest BCUT2D eigenvalue weighted by atomic mass is 19.3. The first-order valence-corrected chi connectivity index (χ1v) is 6.04. The molecule has 0 bridgehead atoms. The van der Waals surface area contributed by atoms with E-state index in [1.54, 1.807) is 24.3 Å². The van der Waals surface area contributed by atoms with E-state index < -0.39 is 22.6 Å². The molecule has 0 aliphatic rings. The summed E-state index contributed by atoms with van der Waals surface area (Å²) in [4.78, 5) is 9.89. The molecule has 0 atom stereocenters. The first-order valence-electron chi connectivity index (χ1n) is 6.04. The van der Waals surface area contributed by atoms with Crippen molar-refractivity contribution in [3.8, 4) is 11.5 Å². The van der Waals surface area contributed by atoms with Crippen LogP contribution in [0.15, 0.2) is 42.5 Å². The lowest BCUT2D eigenvalue weighted by atomic mass is 10.1. The van der Waals surface area contributed by atoms with E-state index in [1.165, 1.54) is 0 Å². The minimum Gasteiger partial charge on any atom is -0.457 e. The van der Waals surface area contributed by atoms with Gasteiger partial charge >= 0.3 is 0 Å². The van der Waals surface area contributed by atoms with Crippen LogP contribution >= 0.6 is 0 Å². The number of benzene rings is 2. The molecule has 2 N–H and O–H groups in total. The van der Waals surface area contributed by atoms with Crippen molar-refractivity contribution in [2.75, 3.05) is 0 Å². The van der Waals surface area contributed by atoms with Gasteiger partial charge in [0.25, 0.3) is 12.1 Å². The molecular weight excluding hydrogens is 282 g/mol. The molecule has 0 radical (unpaired) electrons. The Kier molecular flexibility index (Phi) is 4.44. The third-order valence-electron chi connectivity index (χ3n) is 2.83. The van der Waals surface area contributed by atoms with E-state index in [1.807, 2.05) is 0 Å². The van der Waals surface area contributed by atoms with E-state index in [4.69, 9.17) is 10.5 Å². The van der Waals surface area contributed by atoms with Crippen molar-refractivity contribution in [1.29, 1.82) is 0 Å². The van der Waals surface area contributed by atoms with E-state index in [-0.39, 0.29) is 5.75 Å². The number of nitro benzene ring substituents is 1. The number of nitrogens with zero attached hydrogens (tertiary/aromatic N) is 1. The van der Waals surface area contributed by atoms with Gasteiger partial charge in [-0.15, -0.1) is 0 Å². The van der Waals surface area contributed by atoms with Crippen molar-refractivity contribution < 1.29 is 18.4 Å². The van der Waals surface area contributed by atoms with Crippen molar-refractivity contribution in [2.45, 2.75) is 13.0 Å². The molecule has 21 heavy (non-hydrogen) atoms. The summed E-state index contributed by atoms with van der Waals surface area (Å²) in [6.07, 6.45) is -2.87. The molecule has 0 aliphatic carbocycles. The van der Waals surface area contributed by atoms with Gasteiger partial charge in [0.15, 0.2) is 0 Å². The predicted octanol–water partition coefficient (Wildman–Crippen LogP) is 3.78. The topological polar surface area (TPSA) is 78.4 Å². The van der Waals surface area contributed by atoms with Crippen LogP contribution in [0.2, 0.25) is 0 Å². The minimum atomic E-state index is -2.87. The van der Waals surface area contributed by atoms with Gasteiger partial charge in [0, 0.05) is 18.7 Å². The molecule has 7 heteroatoms. The van der Waals surface area contributed by atoms with Crippen LogP contribution in [0.4, 0.5) is 14.5 Å².